The molecule has 2 atom stereocenters. The molecular formula is C19H23ClN2O2. The van der Waals surface area contributed by atoms with Crippen molar-refractivity contribution in [3.63, 3.8) is 0 Å². The van der Waals surface area contributed by atoms with E-state index >= 15 is 0 Å². The van der Waals surface area contributed by atoms with Crippen LogP contribution in [0.3, 0.4) is 0 Å². The van der Waals surface area contributed by atoms with E-state index in [1.54, 1.807) is 6.92 Å². The standard InChI is InChI=1S/C19H23ClN2O2/c1-15(23)19(24-16-7-3-2-4-8-16)22-13-11-21(12-14-22)18-10-6-5-9-17(18)20/h2-10,15,19,23H,11-14H2,1H3. The fourth-order valence-corrected chi connectivity index (χ4v) is 3.30. The number of aliphatic hydroxyl groups is 1. The van der Waals surface area contributed by atoms with Crippen molar-refractivity contribution in [1.82, 2.24) is 4.90 Å². The molecule has 1 saturated heterocycles. The van der Waals surface area contributed by atoms with Gasteiger partial charge >= 0.3 is 0 Å². The maximum Gasteiger partial charge on any atom is 0.178 e. The number of aliphatic hydroxyl groups excluding tert-OH is 1. The average Bonchev–Trinajstić information content (AvgIpc) is 2.61. The molecule has 5 heteroatoms. The molecule has 1 fully saturated rings. The van der Waals surface area contributed by atoms with Gasteiger partial charge in [0.25, 0.3) is 0 Å². The minimum absolute atomic E-state index is 0.346. The van der Waals surface area contributed by atoms with Crippen LogP contribution < -0.4 is 9.64 Å². The number of hydrogen-bond donors (Lipinski definition) is 1. The molecule has 2 aromatic carbocycles. The van der Waals surface area contributed by atoms with Crippen LogP contribution in [0.5, 0.6) is 5.75 Å². The van der Waals surface area contributed by atoms with E-state index < -0.39 is 6.10 Å². The molecular weight excluding hydrogens is 324 g/mol. The Morgan fingerprint density at radius 1 is 0.958 bits per heavy atom. The third-order valence-corrected chi connectivity index (χ3v) is 4.60. The van der Waals surface area contributed by atoms with E-state index in [9.17, 15) is 5.11 Å². The summed E-state index contributed by atoms with van der Waals surface area (Å²) in [6.07, 6.45) is -0.919. The van der Waals surface area contributed by atoms with Gasteiger partial charge in [-0.15, -0.1) is 0 Å². The van der Waals surface area contributed by atoms with E-state index in [4.69, 9.17) is 16.3 Å². The molecule has 1 N–H and O–H groups in total. The summed E-state index contributed by atoms with van der Waals surface area (Å²) in [4.78, 5) is 4.46. The van der Waals surface area contributed by atoms with Crippen LogP contribution in [0.25, 0.3) is 0 Å². The number of hydrogen-bond acceptors (Lipinski definition) is 4. The van der Waals surface area contributed by atoms with Crippen LogP contribution in [0, 0.1) is 0 Å². The molecule has 3 rings (SSSR count). The molecule has 1 heterocycles. The lowest BCUT2D eigenvalue weighted by Crippen LogP contribution is -2.55. The number of nitrogens with zero attached hydrogens (tertiary/aromatic N) is 2. The first-order chi connectivity index (χ1) is 11.6. The van der Waals surface area contributed by atoms with Crippen LogP contribution in [-0.4, -0.2) is 48.5 Å². The largest absolute Gasteiger partial charge is 0.472 e. The molecule has 128 valence electrons. The lowest BCUT2D eigenvalue weighted by Gasteiger charge is -2.41. The lowest BCUT2D eigenvalue weighted by molar-refractivity contribution is -0.0601. The molecule has 0 saturated carbocycles. The molecule has 2 unspecified atom stereocenters. The average molecular weight is 347 g/mol. The zero-order valence-corrected chi connectivity index (χ0v) is 14.6. The smallest absolute Gasteiger partial charge is 0.178 e. The summed E-state index contributed by atoms with van der Waals surface area (Å²) in [5, 5.41) is 10.9. The van der Waals surface area contributed by atoms with Crippen molar-refractivity contribution in [2.45, 2.75) is 19.3 Å². The second-order valence-electron chi connectivity index (χ2n) is 6.04. The van der Waals surface area contributed by atoms with Crippen molar-refractivity contribution in [3.05, 3.63) is 59.6 Å². The van der Waals surface area contributed by atoms with Crippen molar-refractivity contribution < 1.29 is 9.84 Å². The molecule has 4 nitrogen and oxygen atoms in total. The van der Waals surface area contributed by atoms with Crippen molar-refractivity contribution in [3.8, 4) is 5.75 Å². The summed E-state index contributed by atoms with van der Waals surface area (Å²) in [6.45, 7) is 5.10. The predicted molar refractivity (Wildman–Crippen MR) is 97.8 cm³/mol. The molecule has 0 spiro atoms. The van der Waals surface area contributed by atoms with E-state index in [0.29, 0.717) is 0 Å². The van der Waals surface area contributed by atoms with Gasteiger partial charge < -0.3 is 14.7 Å². The minimum Gasteiger partial charge on any atom is -0.472 e. The number of rotatable bonds is 5. The Bertz CT molecular complexity index is 643. The second kappa shape index (κ2) is 7.88. The Balaban J connectivity index is 1.64. The highest BCUT2D eigenvalue weighted by Gasteiger charge is 2.29. The van der Waals surface area contributed by atoms with Gasteiger partial charge in [-0.1, -0.05) is 41.9 Å². The Hall–Kier alpha value is -1.75. The molecule has 0 radical (unpaired) electrons. The van der Waals surface area contributed by atoms with Crippen LogP contribution in [0.4, 0.5) is 5.69 Å². The van der Waals surface area contributed by atoms with E-state index in [-0.39, 0.29) is 6.23 Å². The summed E-state index contributed by atoms with van der Waals surface area (Å²) in [5.74, 6) is 0.775. The first-order valence-electron chi connectivity index (χ1n) is 8.28. The van der Waals surface area contributed by atoms with E-state index in [0.717, 1.165) is 42.6 Å². The number of anilines is 1. The first-order valence-corrected chi connectivity index (χ1v) is 8.66. The first kappa shape index (κ1) is 17.1. The summed E-state index contributed by atoms with van der Waals surface area (Å²) in [5.41, 5.74) is 1.07. The maximum absolute atomic E-state index is 10.2. The fraction of sp³-hybridized carbons (Fsp3) is 0.368. The van der Waals surface area contributed by atoms with Crippen LogP contribution >= 0.6 is 11.6 Å². The molecule has 0 bridgehead atoms. The highest BCUT2D eigenvalue weighted by atomic mass is 35.5. The van der Waals surface area contributed by atoms with Crippen molar-refractivity contribution in [2.24, 2.45) is 0 Å². The number of benzene rings is 2. The summed E-state index contributed by atoms with van der Waals surface area (Å²) < 4.78 is 6.01. The molecule has 1 aliphatic heterocycles. The highest BCUT2D eigenvalue weighted by molar-refractivity contribution is 6.33. The van der Waals surface area contributed by atoms with Crippen LogP contribution in [0.2, 0.25) is 5.02 Å². The monoisotopic (exact) mass is 346 g/mol. The molecule has 24 heavy (non-hydrogen) atoms. The third-order valence-electron chi connectivity index (χ3n) is 4.28. The Labute approximate surface area is 148 Å². The van der Waals surface area contributed by atoms with Gasteiger partial charge in [0.2, 0.25) is 0 Å². The zero-order chi connectivity index (χ0) is 16.9. The molecule has 0 amide bonds. The number of ether oxygens (including phenoxy) is 1. The molecule has 0 aromatic heterocycles. The minimum atomic E-state index is -0.572. The van der Waals surface area contributed by atoms with Gasteiger partial charge in [0.15, 0.2) is 6.23 Å². The fourth-order valence-electron chi connectivity index (χ4n) is 3.04. The van der Waals surface area contributed by atoms with Crippen molar-refractivity contribution in [1.29, 1.82) is 0 Å². The third kappa shape index (κ3) is 4.01. The van der Waals surface area contributed by atoms with Gasteiger partial charge in [-0.3, -0.25) is 4.90 Å². The van der Waals surface area contributed by atoms with Gasteiger partial charge in [-0.2, -0.15) is 0 Å². The number of para-hydroxylation sites is 2. The van der Waals surface area contributed by atoms with Crippen LogP contribution in [0.15, 0.2) is 54.6 Å². The van der Waals surface area contributed by atoms with Gasteiger partial charge in [-0.05, 0) is 31.2 Å². The lowest BCUT2D eigenvalue weighted by atomic mass is 10.2. The zero-order valence-electron chi connectivity index (χ0n) is 13.8. The van der Waals surface area contributed by atoms with Crippen LogP contribution in [0.1, 0.15) is 6.92 Å². The van der Waals surface area contributed by atoms with E-state index in [1.807, 2.05) is 54.6 Å². The summed E-state index contributed by atoms with van der Waals surface area (Å²) >= 11 is 6.29. The quantitative estimate of drug-likeness (QED) is 0.901. The van der Waals surface area contributed by atoms with Crippen molar-refractivity contribution in [2.75, 3.05) is 31.1 Å². The maximum atomic E-state index is 10.2. The highest BCUT2D eigenvalue weighted by Crippen LogP contribution is 2.27. The van der Waals surface area contributed by atoms with Gasteiger partial charge in [-0.25, -0.2) is 0 Å². The molecule has 2 aromatic rings. The summed E-state index contributed by atoms with van der Waals surface area (Å²) in [7, 11) is 0. The summed E-state index contributed by atoms with van der Waals surface area (Å²) in [6, 6.07) is 17.6. The normalized spacial score (nSPS) is 18.2. The predicted octanol–water partition coefficient (Wildman–Crippen LogP) is 3.25. The Morgan fingerprint density at radius 2 is 1.58 bits per heavy atom. The van der Waals surface area contributed by atoms with Gasteiger partial charge in [0, 0.05) is 26.2 Å². The van der Waals surface area contributed by atoms with Crippen molar-refractivity contribution >= 4 is 17.3 Å². The topological polar surface area (TPSA) is 35.9 Å². The SMILES string of the molecule is CC(O)C(Oc1ccccc1)N1CCN(c2ccccc2Cl)CC1. The Kier molecular flexibility index (Phi) is 5.61. The van der Waals surface area contributed by atoms with E-state index in [1.165, 1.54) is 0 Å². The second-order valence-corrected chi connectivity index (χ2v) is 6.44. The van der Waals surface area contributed by atoms with E-state index in [2.05, 4.69) is 9.80 Å². The number of piperazine rings is 1. The van der Waals surface area contributed by atoms with Gasteiger partial charge in [0.1, 0.15) is 11.9 Å². The molecule has 1 aliphatic rings. The van der Waals surface area contributed by atoms with Gasteiger partial charge in [0.05, 0.1) is 10.7 Å². The van der Waals surface area contributed by atoms with Crippen LogP contribution in [-0.2, 0) is 0 Å². The molecule has 0 aliphatic carbocycles. The number of halogens is 1. The Morgan fingerprint density at radius 3 is 2.21 bits per heavy atom.